The molecule has 74 valence electrons. The van der Waals surface area contributed by atoms with Gasteiger partial charge in [-0.05, 0) is 6.07 Å². The summed E-state index contributed by atoms with van der Waals surface area (Å²) in [6, 6.07) is 1.96. The molecular formula is C8H10ClN5. The Hall–Kier alpha value is -1.36. The van der Waals surface area contributed by atoms with Gasteiger partial charge in [0.2, 0.25) is 0 Å². The molecule has 0 aliphatic rings. The Balaban J connectivity index is 2.22. The third-order valence-corrected chi connectivity index (χ3v) is 2.31. The van der Waals surface area contributed by atoms with Gasteiger partial charge in [0.05, 0.1) is 18.1 Å². The van der Waals surface area contributed by atoms with Crippen LogP contribution in [-0.4, -0.2) is 24.5 Å². The van der Waals surface area contributed by atoms with E-state index in [0.717, 1.165) is 11.5 Å². The minimum Gasteiger partial charge on any atom is -0.311 e. The third-order valence-electron chi connectivity index (χ3n) is 2.07. The Morgan fingerprint density at radius 1 is 1.50 bits per heavy atom. The van der Waals surface area contributed by atoms with E-state index >= 15 is 0 Å². The Labute approximate surface area is 86.3 Å². The van der Waals surface area contributed by atoms with Crippen molar-refractivity contribution in [3.05, 3.63) is 30.1 Å². The monoisotopic (exact) mass is 211 g/mol. The molecule has 2 heterocycles. The third kappa shape index (κ3) is 1.63. The first-order valence-electron chi connectivity index (χ1n) is 4.21. The van der Waals surface area contributed by atoms with Crippen LogP contribution in [0.5, 0.6) is 0 Å². The van der Waals surface area contributed by atoms with E-state index in [0.29, 0.717) is 12.4 Å². The quantitative estimate of drug-likeness (QED) is 0.706. The van der Waals surface area contributed by atoms with Crippen molar-refractivity contribution in [2.75, 3.05) is 0 Å². The Bertz CT molecular complexity index is 419. The highest BCUT2D eigenvalue weighted by atomic mass is 35.5. The van der Waals surface area contributed by atoms with Gasteiger partial charge in [0.15, 0.2) is 0 Å². The molecule has 0 N–H and O–H groups in total. The molecule has 0 spiro atoms. The van der Waals surface area contributed by atoms with Crippen LogP contribution in [-0.2, 0) is 19.5 Å². The number of hydrogen-bond acceptors (Lipinski definition) is 3. The Kier molecular flexibility index (Phi) is 2.49. The average Bonchev–Trinajstić information content (AvgIpc) is 2.77. The van der Waals surface area contributed by atoms with Crippen LogP contribution in [0.15, 0.2) is 18.6 Å². The number of halogens is 1. The molecule has 2 aromatic rings. The zero-order valence-corrected chi connectivity index (χ0v) is 8.52. The minimum absolute atomic E-state index is 0.373. The predicted octanol–water partition coefficient (Wildman–Crippen LogP) is 0.799. The van der Waals surface area contributed by atoms with Crippen LogP contribution in [0.25, 0.3) is 0 Å². The minimum atomic E-state index is 0.373. The maximum Gasteiger partial charge on any atom is 0.148 e. The second kappa shape index (κ2) is 3.79. The van der Waals surface area contributed by atoms with Gasteiger partial charge in [0, 0.05) is 13.2 Å². The van der Waals surface area contributed by atoms with E-state index in [9.17, 15) is 0 Å². The molecule has 0 aromatic carbocycles. The number of hydrogen-bond donors (Lipinski definition) is 0. The number of nitrogens with zero attached hydrogens (tertiary/aromatic N) is 5. The Morgan fingerprint density at radius 2 is 2.36 bits per heavy atom. The lowest BCUT2D eigenvalue weighted by molar-refractivity contribution is 0.653. The molecule has 0 amide bonds. The van der Waals surface area contributed by atoms with Crippen molar-refractivity contribution >= 4 is 11.6 Å². The molecular weight excluding hydrogens is 202 g/mol. The lowest BCUT2D eigenvalue weighted by Gasteiger charge is -2.04. The summed E-state index contributed by atoms with van der Waals surface area (Å²) in [6.07, 6.45) is 3.44. The van der Waals surface area contributed by atoms with Gasteiger partial charge in [-0.2, -0.15) is 5.10 Å². The van der Waals surface area contributed by atoms with E-state index in [2.05, 4.69) is 15.3 Å². The first-order chi connectivity index (χ1) is 6.81. The highest BCUT2D eigenvalue weighted by Crippen LogP contribution is 2.04. The maximum atomic E-state index is 5.71. The molecule has 6 heteroatoms. The summed E-state index contributed by atoms with van der Waals surface area (Å²) in [5.41, 5.74) is 1.09. The van der Waals surface area contributed by atoms with Crippen LogP contribution < -0.4 is 0 Å². The molecule has 0 aliphatic carbocycles. The number of alkyl halides is 1. The van der Waals surface area contributed by atoms with Crippen LogP contribution in [0.2, 0.25) is 0 Å². The first-order valence-corrected chi connectivity index (χ1v) is 4.74. The predicted molar refractivity (Wildman–Crippen MR) is 51.9 cm³/mol. The fourth-order valence-electron chi connectivity index (χ4n) is 1.25. The topological polar surface area (TPSA) is 48.5 Å². The van der Waals surface area contributed by atoms with Gasteiger partial charge in [-0.1, -0.05) is 0 Å². The van der Waals surface area contributed by atoms with Crippen LogP contribution in [0.1, 0.15) is 11.5 Å². The fourth-order valence-corrected chi connectivity index (χ4v) is 1.45. The normalized spacial score (nSPS) is 10.7. The second-order valence-electron chi connectivity index (χ2n) is 2.95. The Morgan fingerprint density at radius 3 is 3.00 bits per heavy atom. The molecule has 5 nitrogen and oxygen atoms in total. The van der Waals surface area contributed by atoms with Crippen molar-refractivity contribution < 1.29 is 0 Å². The number of rotatable bonds is 3. The van der Waals surface area contributed by atoms with Gasteiger partial charge in [-0.3, -0.25) is 4.68 Å². The SMILES string of the molecule is Cn1nccc1Cn1cnnc1CCl. The van der Waals surface area contributed by atoms with Gasteiger partial charge in [0.25, 0.3) is 0 Å². The summed E-state index contributed by atoms with van der Waals surface area (Å²) in [4.78, 5) is 0. The highest BCUT2D eigenvalue weighted by molar-refractivity contribution is 6.16. The van der Waals surface area contributed by atoms with Gasteiger partial charge in [-0.25, -0.2) is 0 Å². The average molecular weight is 212 g/mol. The molecule has 0 saturated heterocycles. The number of aromatic nitrogens is 5. The first kappa shape index (κ1) is 9.21. The van der Waals surface area contributed by atoms with E-state index in [1.807, 2.05) is 22.4 Å². The fraction of sp³-hybridized carbons (Fsp3) is 0.375. The summed E-state index contributed by atoms with van der Waals surface area (Å²) in [5, 5.41) is 11.8. The molecule has 0 saturated carbocycles. The van der Waals surface area contributed by atoms with E-state index < -0.39 is 0 Å². The van der Waals surface area contributed by atoms with E-state index in [4.69, 9.17) is 11.6 Å². The van der Waals surface area contributed by atoms with E-state index in [1.165, 1.54) is 0 Å². The highest BCUT2D eigenvalue weighted by Gasteiger charge is 2.05. The van der Waals surface area contributed by atoms with E-state index in [1.54, 1.807) is 12.5 Å². The summed E-state index contributed by atoms with van der Waals surface area (Å²) >= 11 is 5.71. The maximum absolute atomic E-state index is 5.71. The number of aryl methyl sites for hydroxylation is 1. The van der Waals surface area contributed by atoms with Crippen molar-refractivity contribution in [2.45, 2.75) is 12.4 Å². The molecule has 0 bridgehead atoms. The van der Waals surface area contributed by atoms with Gasteiger partial charge in [0.1, 0.15) is 12.2 Å². The van der Waals surface area contributed by atoms with Crippen molar-refractivity contribution in [1.82, 2.24) is 24.5 Å². The summed E-state index contributed by atoms with van der Waals surface area (Å²) in [6.45, 7) is 0.700. The zero-order valence-electron chi connectivity index (χ0n) is 7.76. The largest absolute Gasteiger partial charge is 0.311 e. The molecule has 14 heavy (non-hydrogen) atoms. The zero-order chi connectivity index (χ0) is 9.97. The molecule has 0 atom stereocenters. The molecule has 0 fully saturated rings. The second-order valence-corrected chi connectivity index (χ2v) is 3.22. The summed E-state index contributed by atoms with van der Waals surface area (Å²) in [5.74, 6) is 1.14. The summed E-state index contributed by atoms with van der Waals surface area (Å²) < 4.78 is 3.72. The lowest BCUT2D eigenvalue weighted by Crippen LogP contribution is -2.07. The van der Waals surface area contributed by atoms with Gasteiger partial charge in [-0.15, -0.1) is 21.8 Å². The smallest absolute Gasteiger partial charge is 0.148 e. The van der Waals surface area contributed by atoms with Crippen molar-refractivity contribution in [3.63, 3.8) is 0 Å². The molecule has 0 unspecified atom stereocenters. The van der Waals surface area contributed by atoms with Crippen LogP contribution >= 0.6 is 11.6 Å². The van der Waals surface area contributed by atoms with Gasteiger partial charge >= 0.3 is 0 Å². The standard InChI is InChI=1S/C8H10ClN5/c1-13-7(2-3-11-13)5-14-6-10-12-8(14)4-9/h2-3,6H,4-5H2,1H3. The van der Waals surface area contributed by atoms with Crippen LogP contribution in [0.4, 0.5) is 0 Å². The van der Waals surface area contributed by atoms with Crippen LogP contribution in [0.3, 0.4) is 0 Å². The van der Waals surface area contributed by atoms with Gasteiger partial charge < -0.3 is 4.57 Å². The molecule has 0 radical (unpaired) electrons. The van der Waals surface area contributed by atoms with Crippen molar-refractivity contribution in [2.24, 2.45) is 7.05 Å². The van der Waals surface area contributed by atoms with E-state index in [-0.39, 0.29) is 0 Å². The van der Waals surface area contributed by atoms with Crippen molar-refractivity contribution in [1.29, 1.82) is 0 Å². The molecule has 0 aliphatic heterocycles. The summed E-state index contributed by atoms with van der Waals surface area (Å²) in [7, 11) is 1.90. The molecule has 2 rings (SSSR count). The van der Waals surface area contributed by atoms with Crippen molar-refractivity contribution in [3.8, 4) is 0 Å². The molecule has 2 aromatic heterocycles. The van der Waals surface area contributed by atoms with Crippen LogP contribution in [0, 0.1) is 0 Å². The lowest BCUT2D eigenvalue weighted by atomic mass is 10.4.